The molecule has 0 aliphatic rings. The van der Waals surface area contributed by atoms with Crippen LogP contribution in [0.5, 0.6) is 5.75 Å². The highest BCUT2D eigenvalue weighted by atomic mass is 16.5. The molecule has 0 unspecified atom stereocenters. The molecule has 0 bridgehead atoms. The number of hydrogen-bond acceptors (Lipinski definition) is 4. The molecule has 6 nitrogen and oxygen atoms in total. The zero-order chi connectivity index (χ0) is 22.8. The Hall–Kier alpha value is -3.80. The summed E-state index contributed by atoms with van der Waals surface area (Å²) >= 11 is 0. The topological polar surface area (TPSA) is 70.7 Å². The predicted molar refractivity (Wildman–Crippen MR) is 130 cm³/mol. The van der Waals surface area contributed by atoms with Crippen molar-refractivity contribution >= 4 is 28.9 Å². The minimum atomic E-state index is -0.186. The third-order valence-electron chi connectivity index (χ3n) is 4.95. The summed E-state index contributed by atoms with van der Waals surface area (Å²) in [6, 6.07) is 23.9. The molecule has 0 aliphatic heterocycles. The van der Waals surface area contributed by atoms with E-state index in [0.717, 1.165) is 30.0 Å². The summed E-state index contributed by atoms with van der Waals surface area (Å²) in [5.41, 5.74) is 2.78. The Labute approximate surface area is 189 Å². The van der Waals surface area contributed by atoms with Gasteiger partial charge >= 0.3 is 0 Å². The van der Waals surface area contributed by atoms with E-state index >= 15 is 0 Å². The number of hydrogen-bond donors (Lipinski definition) is 2. The summed E-state index contributed by atoms with van der Waals surface area (Å²) in [5, 5.41) is 5.97. The monoisotopic (exact) mass is 431 g/mol. The molecule has 32 heavy (non-hydrogen) atoms. The molecule has 3 aromatic carbocycles. The van der Waals surface area contributed by atoms with E-state index in [2.05, 4.69) is 17.6 Å². The van der Waals surface area contributed by atoms with E-state index < -0.39 is 0 Å². The van der Waals surface area contributed by atoms with E-state index in [0.29, 0.717) is 17.9 Å². The second-order valence-corrected chi connectivity index (χ2v) is 7.38. The molecule has 0 heterocycles. The van der Waals surface area contributed by atoms with Gasteiger partial charge in [0.05, 0.1) is 18.8 Å². The van der Waals surface area contributed by atoms with Crippen molar-refractivity contribution in [3.8, 4) is 5.75 Å². The zero-order valence-electron chi connectivity index (χ0n) is 18.5. The highest BCUT2D eigenvalue weighted by Crippen LogP contribution is 2.24. The summed E-state index contributed by atoms with van der Waals surface area (Å²) in [5.74, 6) is 0.434. The van der Waals surface area contributed by atoms with E-state index in [9.17, 15) is 9.59 Å². The first-order valence-electron chi connectivity index (χ1n) is 10.8. The maximum Gasteiger partial charge on any atom is 0.258 e. The van der Waals surface area contributed by atoms with Crippen LogP contribution in [0.4, 0.5) is 17.1 Å². The van der Waals surface area contributed by atoms with Gasteiger partial charge < -0.3 is 20.3 Å². The van der Waals surface area contributed by atoms with Crippen molar-refractivity contribution < 1.29 is 14.3 Å². The molecule has 2 amide bonds. The lowest BCUT2D eigenvalue weighted by molar-refractivity contribution is -0.114. The average molecular weight is 432 g/mol. The summed E-state index contributed by atoms with van der Waals surface area (Å²) in [4.78, 5) is 26.7. The number of amides is 2. The SMILES string of the molecule is CCCCOc1ccccc1NCC(=O)Nc1ccc(C(=O)N(C)c2ccccc2)cc1. The lowest BCUT2D eigenvalue weighted by Gasteiger charge is -2.17. The fourth-order valence-corrected chi connectivity index (χ4v) is 3.10. The van der Waals surface area contributed by atoms with Crippen LogP contribution in [0.2, 0.25) is 0 Å². The predicted octanol–water partition coefficient (Wildman–Crippen LogP) is 5.19. The standard InChI is InChI=1S/C26H29N3O3/c1-3-4-18-32-24-13-9-8-12-23(24)27-19-25(30)28-21-16-14-20(15-17-21)26(31)29(2)22-10-6-5-7-11-22/h5-17,27H,3-4,18-19H2,1-2H3,(H,28,30). The van der Waals surface area contributed by atoms with Crippen LogP contribution in [-0.2, 0) is 4.79 Å². The highest BCUT2D eigenvalue weighted by Gasteiger charge is 2.13. The lowest BCUT2D eigenvalue weighted by atomic mass is 10.1. The zero-order valence-corrected chi connectivity index (χ0v) is 18.5. The molecular weight excluding hydrogens is 402 g/mol. The van der Waals surface area contributed by atoms with Gasteiger partial charge in [0.1, 0.15) is 5.75 Å². The number of ether oxygens (including phenoxy) is 1. The van der Waals surface area contributed by atoms with Crippen LogP contribution >= 0.6 is 0 Å². The van der Waals surface area contributed by atoms with E-state index in [1.54, 1.807) is 36.2 Å². The van der Waals surface area contributed by atoms with Gasteiger partial charge in [0.25, 0.3) is 5.91 Å². The van der Waals surface area contributed by atoms with Gasteiger partial charge in [-0.15, -0.1) is 0 Å². The fourth-order valence-electron chi connectivity index (χ4n) is 3.10. The summed E-state index contributed by atoms with van der Waals surface area (Å²) < 4.78 is 5.78. The van der Waals surface area contributed by atoms with Gasteiger partial charge in [-0.05, 0) is 55.0 Å². The molecule has 0 aromatic heterocycles. The van der Waals surface area contributed by atoms with Crippen LogP contribution in [0.3, 0.4) is 0 Å². The number of para-hydroxylation sites is 3. The van der Waals surface area contributed by atoms with Gasteiger partial charge in [0, 0.05) is 24.0 Å². The molecule has 3 rings (SSSR count). The van der Waals surface area contributed by atoms with Crippen LogP contribution in [-0.4, -0.2) is 32.0 Å². The second-order valence-electron chi connectivity index (χ2n) is 7.38. The quantitative estimate of drug-likeness (QED) is 0.433. The largest absolute Gasteiger partial charge is 0.491 e. The maximum atomic E-state index is 12.7. The van der Waals surface area contributed by atoms with Crippen LogP contribution < -0.4 is 20.3 Å². The highest BCUT2D eigenvalue weighted by molar-refractivity contribution is 6.06. The first-order valence-corrected chi connectivity index (χ1v) is 10.8. The molecule has 2 N–H and O–H groups in total. The van der Waals surface area contributed by atoms with Crippen LogP contribution in [0.1, 0.15) is 30.1 Å². The van der Waals surface area contributed by atoms with Crippen LogP contribution in [0.15, 0.2) is 78.9 Å². The Kier molecular flexibility index (Phi) is 8.26. The molecule has 0 fully saturated rings. The first-order chi connectivity index (χ1) is 15.6. The van der Waals surface area contributed by atoms with E-state index in [4.69, 9.17) is 4.74 Å². The normalized spacial score (nSPS) is 10.3. The van der Waals surface area contributed by atoms with Crippen molar-refractivity contribution in [1.82, 2.24) is 0 Å². The van der Waals surface area contributed by atoms with Crippen molar-refractivity contribution in [3.63, 3.8) is 0 Å². The van der Waals surface area contributed by atoms with Crippen molar-refractivity contribution in [2.45, 2.75) is 19.8 Å². The Bertz CT molecular complexity index is 1020. The van der Waals surface area contributed by atoms with Gasteiger partial charge in [-0.25, -0.2) is 0 Å². The minimum Gasteiger partial charge on any atom is -0.491 e. The number of unbranched alkanes of at least 4 members (excludes halogenated alkanes) is 1. The number of nitrogens with zero attached hydrogens (tertiary/aromatic N) is 1. The molecule has 166 valence electrons. The van der Waals surface area contributed by atoms with Gasteiger partial charge in [-0.2, -0.15) is 0 Å². The number of carbonyl (C=O) groups excluding carboxylic acids is 2. The smallest absolute Gasteiger partial charge is 0.258 e. The van der Waals surface area contributed by atoms with Gasteiger partial charge in [-0.3, -0.25) is 9.59 Å². The molecule has 0 saturated carbocycles. The van der Waals surface area contributed by atoms with Crippen LogP contribution in [0, 0.1) is 0 Å². The number of rotatable bonds is 10. The van der Waals surface area contributed by atoms with Gasteiger partial charge in [0.15, 0.2) is 0 Å². The number of carbonyl (C=O) groups is 2. The molecule has 0 radical (unpaired) electrons. The Morgan fingerprint density at radius 1 is 0.906 bits per heavy atom. The molecule has 6 heteroatoms. The molecule has 0 spiro atoms. The third-order valence-corrected chi connectivity index (χ3v) is 4.95. The van der Waals surface area contributed by atoms with Gasteiger partial charge in [-0.1, -0.05) is 43.7 Å². The Morgan fingerprint density at radius 3 is 2.31 bits per heavy atom. The lowest BCUT2D eigenvalue weighted by Crippen LogP contribution is -2.26. The van der Waals surface area contributed by atoms with E-state index in [1.165, 1.54) is 0 Å². The number of anilines is 3. The minimum absolute atomic E-state index is 0.103. The second kappa shape index (κ2) is 11.6. The first kappa shape index (κ1) is 22.9. The molecular formula is C26H29N3O3. The summed E-state index contributed by atoms with van der Waals surface area (Å²) in [6.07, 6.45) is 2.04. The molecule has 0 aliphatic carbocycles. The van der Waals surface area contributed by atoms with E-state index in [1.807, 2.05) is 54.6 Å². The Balaban J connectivity index is 1.54. The average Bonchev–Trinajstić information content (AvgIpc) is 2.83. The maximum absolute atomic E-state index is 12.7. The van der Waals surface area contributed by atoms with Crippen LogP contribution in [0.25, 0.3) is 0 Å². The number of benzene rings is 3. The van der Waals surface area contributed by atoms with Crippen molar-refractivity contribution in [2.75, 3.05) is 35.7 Å². The fraction of sp³-hybridized carbons (Fsp3) is 0.231. The van der Waals surface area contributed by atoms with Crippen molar-refractivity contribution in [3.05, 3.63) is 84.4 Å². The van der Waals surface area contributed by atoms with Crippen molar-refractivity contribution in [2.24, 2.45) is 0 Å². The third kappa shape index (κ3) is 6.35. The molecule has 0 atom stereocenters. The number of nitrogens with one attached hydrogen (secondary N) is 2. The molecule has 0 saturated heterocycles. The summed E-state index contributed by atoms with van der Waals surface area (Å²) in [6.45, 7) is 2.86. The Morgan fingerprint density at radius 2 is 1.59 bits per heavy atom. The van der Waals surface area contributed by atoms with Gasteiger partial charge in [0.2, 0.25) is 5.91 Å². The van der Waals surface area contributed by atoms with Crippen molar-refractivity contribution in [1.29, 1.82) is 0 Å². The van der Waals surface area contributed by atoms with E-state index in [-0.39, 0.29) is 18.4 Å². The summed E-state index contributed by atoms with van der Waals surface area (Å²) in [7, 11) is 1.74. The molecule has 3 aromatic rings.